The number of alkyl halides is 3. The Morgan fingerprint density at radius 3 is 2.00 bits per heavy atom. The summed E-state index contributed by atoms with van der Waals surface area (Å²) in [5, 5.41) is 2.55. The molecular formula is C21H18F3N3O3S. The van der Waals surface area contributed by atoms with Gasteiger partial charge < -0.3 is 5.32 Å². The number of aromatic nitrogens is 1. The van der Waals surface area contributed by atoms with E-state index in [0.717, 1.165) is 17.7 Å². The Morgan fingerprint density at radius 1 is 0.871 bits per heavy atom. The van der Waals surface area contributed by atoms with E-state index in [1.54, 1.807) is 12.1 Å². The maximum absolute atomic E-state index is 12.7. The normalized spacial score (nSPS) is 11.8. The van der Waals surface area contributed by atoms with Gasteiger partial charge in [-0.1, -0.05) is 17.7 Å². The zero-order valence-electron chi connectivity index (χ0n) is 16.5. The minimum Gasteiger partial charge on any atom is -0.322 e. The van der Waals surface area contributed by atoms with Crippen molar-refractivity contribution in [2.24, 2.45) is 0 Å². The third kappa shape index (κ3) is 5.40. The average Bonchev–Trinajstić information content (AvgIpc) is 2.68. The highest BCUT2D eigenvalue weighted by atomic mass is 32.2. The van der Waals surface area contributed by atoms with Crippen LogP contribution in [0.2, 0.25) is 0 Å². The number of aryl methyl sites for hydroxylation is 2. The predicted molar refractivity (Wildman–Crippen MR) is 110 cm³/mol. The molecule has 10 heteroatoms. The Labute approximate surface area is 177 Å². The summed E-state index contributed by atoms with van der Waals surface area (Å²) in [6, 6.07) is 14.0. The van der Waals surface area contributed by atoms with Crippen LogP contribution in [0.25, 0.3) is 0 Å². The first-order chi connectivity index (χ1) is 14.5. The number of anilines is 2. The Balaban J connectivity index is 1.71. The number of hydrogen-bond acceptors (Lipinski definition) is 4. The fraction of sp³-hybridized carbons (Fsp3) is 0.143. The topological polar surface area (TPSA) is 88.2 Å². The maximum atomic E-state index is 12.7. The fourth-order valence-electron chi connectivity index (χ4n) is 2.71. The van der Waals surface area contributed by atoms with Gasteiger partial charge in [0.2, 0.25) is 0 Å². The Kier molecular flexibility index (Phi) is 6.03. The second-order valence-corrected chi connectivity index (χ2v) is 8.46. The molecule has 3 rings (SSSR count). The van der Waals surface area contributed by atoms with Crippen LogP contribution in [0.15, 0.2) is 65.6 Å². The monoisotopic (exact) mass is 449 g/mol. The van der Waals surface area contributed by atoms with Gasteiger partial charge in [-0.05, 0) is 62.4 Å². The van der Waals surface area contributed by atoms with Gasteiger partial charge in [-0.25, -0.2) is 13.4 Å². The van der Waals surface area contributed by atoms with Gasteiger partial charge in [0.1, 0.15) is 5.69 Å². The number of halogens is 3. The van der Waals surface area contributed by atoms with E-state index in [9.17, 15) is 26.4 Å². The Hall–Kier alpha value is -3.40. The SMILES string of the molecule is Cc1ccc(S(=O)(=O)Nc2ccc(NC(=O)c3ccc(C(F)(F)F)nc3C)cc2)cc1. The zero-order chi connectivity index (χ0) is 22.8. The number of rotatable bonds is 5. The molecule has 0 atom stereocenters. The highest BCUT2D eigenvalue weighted by molar-refractivity contribution is 7.92. The van der Waals surface area contributed by atoms with E-state index in [0.29, 0.717) is 5.69 Å². The van der Waals surface area contributed by atoms with Gasteiger partial charge in [0.05, 0.1) is 16.2 Å². The molecule has 0 spiro atoms. The third-order valence-corrected chi connectivity index (χ3v) is 5.74. The standard InChI is InChI=1S/C21H18F3N3O3S/c1-13-3-9-17(10-4-13)31(29,30)27-16-7-5-15(6-8-16)26-20(28)18-11-12-19(21(22,23)24)25-14(18)2/h3-12,27H,1-2H3,(H,26,28). The summed E-state index contributed by atoms with van der Waals surface area (Å²) >= 11 is 0. The van der Waals surface area contributed by atoms with E-state index in [4.69, 9.17) is 0 Å². The van der Waals surface area contributed by atoms with Crippen molar-refractivity contribution >= 4 is 27.3 Å². The lowest BCUT2D eigenvalue weighted by Crippen LogP contribution is -2.17. The molecule has 2 N–H and O–H groups in total. The lowest BCUT2D eigenvalue weighted by molar-refractivity contribution is -0.141. The van der Waals surface area contributed by atoms with Crippen molar-refractivity contribution in [3.63, 3.8) is 0 Å². The maximum Gasteiger partial charge on any atom is 0.433 e. The quantitative estimate of drug-likeness (QED) is 0.587. The molecule has 0 aliphatic heterocycles. The predicted octanol–water partition coefficient (Wildman–Crippen LogP) is 4.77. The minimum absolute atomic E-state index is 0.00264. The van der Waals surface area contributed by atoms with Gasteiger partial charge >= 0.3 is 6.18 Å². The van der Waals surface area contributed by atoms with Crippen LogP contribution in [0.1, 0.15) is 27.3 Å². The zero-order valence-corrected chi connectivity index (χ0v) is 17.3. The largest absolute Gasteiger partial charge is 0.433 e. The number of carbonyl (C=O) groups is 1. The number of nitrogens with zero attached hydrogens (tertiary/aromatic N) is 1. The number of hydrogen-bond donors (Lipinski definition) is 2. The highest BCUT2D eigenvalue weighted by Gasteiger charge is 2.33. The molecule has 0 unspecified atom stereocenters. The van der Waals surface area contributed by atoms with Crippen LogP contribution in [0.4, 0.5) is 24.5 Å². The lowest BCUT2D eigenvalue weighted by atomic mass is 10.1. The molecule has 0 saturated carbocycles. The molecule has 3 aromatic rings. The van der Waals surface area contributed by atoms with Crippen LogP contribution >= 0.6 is 0 Å². The first kappa shape index (κ1) is 22.3. The van der Waals surface area contributed by atoms with E-state index in [2.05, 4.69) is 15.0 Å². The number of nitrogens with one attached hydrogen (secondary N) is 2. The van der Waals surface area contributed by atoms with Crippen molar-refractivity contribution in [3.05, 3.63) is 83.2 Å². The number of carbonyl (C=O) groups excluding carboxylic acids is 1. The van der Waals surface area contributed by atoms with Crippen LogP contribution in [0.3, 0.4) is 0 Å². The highest BCUT2D eigenvalue weighted by Crippen LogP contribution is 2.28. The molecular weight excluding hydrogens is 431 g/mol. The molecule has 6 nitrogen and oxygen atoms in total. The first-order valence-electron chi connectivity index (χ1n) is 9.01. The summed E-state index contributed by atoms with van der Waals surface area (Å²) < 4.78 is 65.4. The van der Waals surface area contributed by atoms with Gasteiger partial charge in [-0.3, -0.25) is 9.52 Å². The van der Waals surface area contributed by atoms with E-state index in [-0.39, 0.29) is 21.8 Å². The van der Waals surface area contributed by atoms with Gasteiger partial charge in [0.25, 0.3) is 15.9 Å². The Bertz CT molecular complexity index is 1210. The summed E-state index contributed by atoms with van der Waals surface area (Å²) in [5.41, 5.74) is 0.407. The molecule has 1 amide bonds. The van der Waals surface area contributed by atoms with Crippen LogP contribution < -0.4 is 10.0 Å². The van der Waals surface area contributed by atoms with E-state index in [1.165, 1.54) is 43.3 Å². The van der Waals surface area contributed by atoms with Gasteiger partial charge in [0, 0.05) is 11.4 Å². The van der Waals surface area contributed by atoms with Gasteiger partial charge in [0.15, 0.2) is 0 Å². The van der Waals surface area contributed by atoms with Crippen LogP contribution in [-0.4, -0.2) is 19.3 Å². The van der Waals surface area contributed by atoms with Crippen LogP contribution in [0.5, 0.6) is 0 Å². The number of pyridine rings is 1. The first-order valence-corrected chi connectivity index (χ1v) is 10.5. The van der Waals surface area contributed by atoms with Crippen molar-refractivity contribution in [2.75, 3.05) is 10.0 Å². The second-order valence-electron chi connectivity index (χ2n) is 6.78. The van der Waals surface area contributed by atoms with Crippen molar-refractivity contribution in [1.82, 2.24) is 4.98 Å². The van der Waals surface area contributed by atoms with Gasteiger partial charge in [-0.2, -0.15) is 13.2 Å². The minimum atomic E-state index is -4.60. The average molecular weight is 449 g/mol. The molecule has 0 bridgehead atoms. The lowest BCUT2D eigenvalue weighted by Gasteiger charge is -2.12. The second kappa shape index (κ2) is 8.38. The summed E-state index contributed by atoms with van der Waals surface area (Å²) in [6.07, 6.45) is -4.60. The molecule has 1 heterocycles. The molecule has 0 aliphatic carbocycles. The molecule has 31 heavy (non-hydrogen) atoms. The number of amides is 1. The van der Waals surface area contributed by atoms with Crippen molar-refractivity contribution in [2.45, 2.75) is 24.9 Å². The molecule has 0 saturated heterocycles. The summed E-state index contributed by atoms with van der Waals surface area (Å²) in [5.74, 6) is -0.633. The van der Waals surface area contributed by atoms with Gasteiger partial charge in [-0.15, -0.1) is 0 Å². The fourth-order valence-corrected chi connectivity index (χ4v) is 3.77. The Morgan fingerprint density at radius 2 is 1.45 bits per heavy atom. The van der Waals surface area contributed by atoms with Crippen LogP contribution in [0, 0.1) is 13.8 Å². The van der Waals surface area contributed by atoms with Crippen molar-refractivity contribution < 1.29 is 26.4 Å². The van der Waals surface area contributed by atoms with Crippen molar-refractivity contribution in [1.29, 1.82) is 0 Å². The molecule has 0 fully saturated rings. The van der Waals surface area contributed by atoms with Crippen molar-refractivity contribution in [3.8, 4) is 0 Å². The summed E-state index contributed by atoms with van der Waals surface area (Å²) in [4.78, 5) is 15.9. The molecule has 0 radical (unpaired) electrons. The smallest absolute Gasteiger partial charge is 0.322 e. The van der Waals surface area contributed by atoms with E-state index < -0.39 is 27.8 Å². The molecule has 2 aromatic carbocycles. The number of benzene rings is 2. The summed E-state index contributed by atoms with van der Waals surface area (Å²) in [6.45, 7) is 3.16. The summed E-state index contributed by atoms with van der Waals surface area (Å²) in [7, 11) is -3.77. The van der Waals surface area contributed by atoms with E-state index in [1.807, 2.05) is 6.92 Å². The third-order valence-electron chi connectivity index (χ3n) is 4.35. The van der Waals surface area contributed by atoms with E-state index >= 15 is 0 Å². The molecule has 0 aliphatic rings. The number of sulfonamides is 1. The molecule has 162 valence electrons. The molecule has 1 aromatic heterocycles. The van der Waals surface area contributed by atoms with Crippen LogP contribution in [-0.2, 0) is 16.2 Å².